The number of para-hydroxylation sites is 1. The number of benzene rings is 3. The lowest BCUT2D eigenvalue weighted by Crippen LogP contribution is -2.15. The number of amides is 1. The highest BCUT2D eigenvalue weighted by molar-refractivity contribution is 7.92. The first-order valence-corrected chi connectivity index (χ1v) is 9.65. The first-order chi connectivity index (χ1) is 12.8. The molecule has 0 fully saturated rings. The second-order valence-corrected chi connectivity index (χ2v) is 7.66. The molecule has 0 aromatic heterocycles. The number of rotatable bonds is 5. The van der Waals surface area contributed by atoms with Gasteiger partial charge in [0.15, 0.2) is 0 Å². The molecule has 0 spiro atoms. The van der Waals surface area contributed by atoms with Gasteiger partial charge in [-0.05, 0) is 54.6 Å². The molecule has 3 aromatic rings. The normalized spacial score (nSPS) is 11.0. The summed E-state index contributed by atoms with van der Waals surface area (Å²) in [6, 6.07) is 17.3. The van der Waals surface area contributed by atoms with E-state index in [9.17, 15) is 17.6 Å². The average molecular weight is 405 g/mol. The number of halogens is 2. The summed E-state index contributed by atoms with van der Waals surface area (Å²) >= 11 is 5.97. The van der Waals surface area contributed by atoms with Crippen LogP contribution in [0.15, 0.2) is 77.7 Å². The van der Waals surface area contributed by atoms with Crippen molar-refractivity contribution in [2.75, 3.05) is 10.0 Å². The van der Waals surface area contributed by atoms with Crippen LogP contribution in [0.3, 0.4) is 0 Å². The van der Waals surface area contributed by atoms with Crippen LogP contribution in [-0.2, 0) is 10.0 Å². The van der Waals surface area contributed by atoms with Gasteiger partial charge in [-0.25, -0.2) is 12.8 Å². The maximum atomic E-state index is 13.2. The minimum Gasteiger partial charge on any atom is -0.322 e. The maximum Gasteiger partial charge on any atom is 0.261 e. The third-order valence-corrected chi connectivity index (χ3v) is 5.34. The van der Waals surface area contributed by atoms with Gasteiger partial charge < -0.3 is 5.32 Å². The number of hydrogen-bond acceptors (Lipinski definition) is 3. The smallest absolute Gasteiger partial charge is 0.261 e. The van der Waals surface area contributed by atoms with Crippen molar-refractivity contribution in [2.24, 2.45) is 0 Å². The standard InChI is InChI=1S/C19H14ClFN2O3S/c20-17-6-1-2-7-18(17)23-27(25,26)16-10-8-13(9-11-16)19(24)22-15-5-3-4-14(21)12-15/h1-12,23H,(H,22,24). The first-order valence-electron chi connectivity index (χ1n) is 7.79. The number of carbonyl (C=O) groups is 1. The molecule has 0 heterocycles. The lowest BCUT2D eigenvalue weighted by Gasteiger charge is -2.10. The highest BCUT2D eigenvalue weighted by atomic mass is 35.5. The molecular formula is C19H14ClFN2O3S. The van der Waals surface area contributed by atoms with Gasteiger partial charge in [-0.3, -0.25) is 9.52 Å². The van der Waals surface area contributed by atoms with E-state index < -0.39 is 21.7 Å². The molecule has 0 aliphatic carbocycles. The van der Waals surface area contributed by atoms with Crippen LogP contribution < -0.4 is 10.0 Å². The zero-order chi connectivity index (χ0) is 19.4. The van der Waals surface area contributed by atoms with Gasteiger partial charge in [-0.15, -0.1) is 0 Å². The Bertz CT molecular complexity index is 1090. The number of carbonyl (C=O) groups excluding carboxylic acids is 1. The van der Waals surface area contributed by atoms with Crippen LogP contribution in [0, 0.1) is 5.82 Å². The van der Waals surface area contributed by atoms with E-state index in [1.54, 1.807) is 30.3 Å². The zero-order valence-electron chi connectivity index (χ0n) is 13.8. The van der Waals surface area contributed by atoms with Gasteiger partial charge in [-0.2, -0.15) is 0 Å². The fraction of sp³-hybridized carbons (Fsp3) is 0. The second-order valence-electron chi connectivity index (χ2n) is 5.57. The number of anilines is 2. The van der Waals surface area contributed by atoms with E-state index in [2.05, 4.69) is 10.0 Å². The topological polar surface area (TPSA) is 75.3 Å². The van der Waals surface area contributed by atoms with Crippen LogP contribution in [0.25, 0.3) is 0 Å². The summed E-state index contributed by atoms with van der Waals surface area (Å²) < 4.78 is 40.5. The predicted octanol–water partition coefficient (Wildman–Crippen LogP) is 4.53. The summed E-state index contributed by atoms with van der Waals surface area (Å²) in [7, 11) is -3.86. The molecule has 5 nitrogen and oxygen atoms in total. The Balaban J connectivity index is 1.76. The van der Waals surface area contributed by atoms with Crippen molar-refractivity contribution in [3.8, 4) is 0 Å². The summed E-state index contributed by atoms with van der Waals surface area (Å²) in [5.74, 6) is -0.955. The fourth-order valence-electron chi connectivity index (χ4n) is 2.30. The van der Waals surface area contributed by atoms with Crippen LogP contribution in [-0.4, -0.2) is 14.3 Å². The second kappa shape index (κ2) is 7.77. The molecule has 138 valence electrons. The SMILES string of the molecule is O=C(Nc1cccc(F)c1)c1ccc(S(=O)(=O)Nc2ccccc2Cl)cc1. The van der Waals surface area contributed by atoms with Crippen LogP contribution >= 0.6 is 11.6 Å². The Morgan fingerprint density at radius 1 is 0.926 bits per heavy atom. The van der Waals surface area contributed by atoms with Gasteiger partial charge >= 0.3 is 0 Å². The van der Waals surface area contributed by atoms with Crippen molar-refractivity contribution in [1.82, 2.24) is 0 Å². The molecule has 1 amide bonds. The fourth-order valence-corrected chi connectivity index (χ4v) is 3.62. The molecule has 0 bridgehead atoms. The van der Waals surface area contributed by atoms with Crippen molar-refractivity contribution < 1.29 is 17.6 Å². The Kier molecular flexibility index (Phi) is 5.43. The molecule has 3 rings (SSSR count). The Morgan fingerprint density at radius 2 is 1.63 bits per heavy atom. The number of sulfonamides is 1. The molecule has 0 atom stereocenters. The zero-order valence-corrected chi connectivity index (χ0v) is 15.4. The van der Waals surface area contributed by atoms with Crippen molar-refractivity contribution in [1.29, 1.82) is 0 Å². The van der Waals surface area contributed by atoms with Crippen molar-refractivity contribution in [2.45, 2.75) is 4.90 Å². The number of nitrogens with one attached hydrogen (secondary N) is 2. The molecule has 2 N–H and O–H groups in total. The van der Waals surface area contributed by atoms with Gasteiger partial charge in [0.2, 0.25) is 0 Å². The lowest BCUT2D eigenvalue weighted by molar-refractivity contribution is 0.102. The van der Waals surface area contributed by atoms with Gasteiger partial charge in [0, 0.05) is 11.3 Å². The molecule has 3 aromatic carbocycles. The Hall–Kier alpha value is -2.90. The summed E-state index contributed by atoms with van der Waals surface area (Å²) in [6.07, 6.45) is 0. The van der Waals surface area contributed by atoms with Crippen molar-refractivity contribution in [3.05, 3.63) is 89.2 Å². The van der Waals surface area contributed by atoms with E-state index in [1.165, 1.54) is 42.5 Å². The minimum absolute atomic E-state index is 0.0234. The molecule has 0 unspecified atom stereocenters. The van der Waals surface area contributed by atoms with Crippen molar-refractivity contribution in [3.63, 3.8) is 0 Å². The third kappa shape index (κ3) is 4.64. The summed E-state index contributed by atoms with van der Waals surface area (Å²) in [5, 5.41) is 2.81. The molecular weight excluding hydrogens is 391 g/mol. The third-order valence-electron chi connectivity index (χ3n) is 3.63. The highest BCUT2D eigenvalue weighted by Crippen LogP contribution is 2.24. The average Bonchev–Trinajstić information content (AvgIpc) is 2.64. The van der Waals surface area contributed by atoms with E-state index in [4.69, 9.17) is 11.6 Å². The van der Waals surface area contributed by atoms with Gasteiger partial charge in [0.25, 0.3) is 15.9 Å². The van der Waals surface area contributed by atoms with Gasteiger partial charge in [0.05, 0.1) is 15.6 Å². The monoisotopic (exact) mass is 404 g/mol. The first kappa shape index (κ1) is 18.9. The van der Waals surface area contributed by atoms with Crippen molar-refractivity contribution >= 4 is 38.9 Å². The summed E-state index contributed by atoms with van der Waals surface area (Å²) in [4.78, 5) is 12.2. The van der Waals surface area contributed by atoms with Crippen LogP contribution in [0.4, 0.5) is 15.8 Å². The van der Waals surface area contributed by atoms with Crippen LogP contribution in [0.2, 0.25) is 5.02 Å². The summed E-state index contributed by atoms with van der Waals surface area (Å²) in [6.45, 7) is 0. The maximum absolute atomic E-state index is 13.2. The molecule has 0 radical (unpaired) electrons. The van der Waals surface area contributed by atoms with Crippen LogP contribution in [0.1, 0.15) is 10.4 Å². The molecule has 0 saturated heterocycles. The predicted molar refractivity (Wildman–Crippen MR) is 103 cm³/mol. The quantitative estimate of drug-likeness (QED) is 0.655. The summed E-state index contributed by atoms with van der Waals surface area (Å²) in [5.41, 5.74) is 0.792. The molecule has 0 aliphatic rings. The van der Waals surface area contributed by atoms with Gasteiger partial charge in [-0.1, -0.05) is 29.8 Å². The lowest BCUT2D eigenvalue weighted by atomic mass is 10.2. The Labute approximate surface area is 160 Å². The van der Waals surface area contributed by atoms with E-state index in [0.717, 1.165) is 0 Å². The molecule has 0 aliphatic heterocycles. The van der Waals surface area contributed by atoms with E-state index >= 15 is 0 Å². The largest absolute Gasteiger partial charge is 0.322 e. The molecule has 0 saturated carbocycles. The molecule has 27 heavy (non-hydrogen) atoms. The van der Waals surface area contributed by atoms with Gasteiger partial charge in [0.1, 0.15) is 5.82 Å². The van der Waals surface area contributed by atoms with E-state index in [1.807, 2.05) is 0 Å². The Morgan fingerprint density at radius 3 is 2.30 bits per heavy atom. The highest BCUT2D eigenvalue weighted by Gasteiger charge is 2.16. The molecule has 8 heteroatoms. The van der Waals surface area contributed by atoms with E-state index in [0.29, 0.717) is 5.69 Å². The van der Waals surface area contributed by atoms with Crippen LogP contribution in [0.5, 0.6) is 0 Å². The number of hydrogen-bond donors (Lipinski definition) is 2. The van der Waals surface area contributed by atoms with E-state index in [-0.39, 0.29) is 21.2 Å². The minimum atomic E-state index is -3.86.